The summed E-state index contributed by atoms with van der Waals surface area (Å²) in [5.74, 6) is 0.177. The Labute approximate surface area is 146 Å². The van der Waals surface area contributed by atoms with Gasteiger partial charge < -0.3 is 15.4 Å². The van der Waals surface area contributed by atoms with E-state index in [0.717, 1.165) is 58.4 Å². The van der Waals surface area contributed by atoms with Gasteiger partial charge in [-0.05, 0) is 52.6 Å². The first-order chi connectivity index (χ1) is 9.65. The molecule has 7 heteroatoms. The van der Waals surface area contributed by atoms with Crippen molar-refractivity contribution in [3.05, 3.63) is 0 Å². The minimum absolute atomic E-state index is 0. The van der Waals surface area contributed by atoms with Gasteiger partial charge in [-0.15, -0.1) is 24.8 Å². The molecule has 2 saturated heterocycles. The maximum absolute atomic E-state index is 11.8. The van der Waals surface area contributed by atoms with Crippen molar-refractivity contribution in [3.63, 3.8) is 0 Å². The monoisotopic (exact) mass is 355 g/mol. The molecule has 0 radical (unpaired) electrons. The minimum atomic E-state index is 0. The van der Waals surface area contributed by atoms with E-state index in [2.05, 4.69) is 29.4 Å². The fourth-order valence-corrected chi connectivity index (χ4v) is 3.17. The zero-order chi connectivity index (χ0) is 14.4. The van der Waals surface area contributed by atoms with E-state index in [1.807, 2.05) is 0 Å². The van der Waals surface area contributed by atoms with Crippen LogP contribution < -0.4 is 10.6 Å². The van der Waals surface area contributed by atoms with Crippen molar-refractivity contribution in [2.24, 2.45) is 0 Å². The Kier molecular flexibility index (Phi) is 11.4. The zero-order valence-corrected chi connectivity index (χ0v) is 15.3. The van der Waals surface area contributed by atoms with Gasteiger partial charge in [-0.1, -0.05) is 0 Å². The summed E-state index contributed by atoms with van der Waals surface area (Å²) in [5, 5.41) is 6.26. The fraction of sp³-hybridized carbons (Fsp3) is 0.933. The van der Waals surface area contributed by atoms with Crippen LogP contribution in [0.2, 0.25) is 0 Å². The second-order valence-corrected chi connectivity index (χ2v) is 6.16. The normalized spacial score (nSPS) is 28.5. The van der Waals surface area contributed by atoms with Crippen molar-refractivity contribution in [1.82, 2.24) is 15.5 Å². The topological polar surface area (TPSA) is 53.6 Å². The molecule has 0 bridgehead atoms. The number of morpholine rings is 1. The molecule has 0 aromatic carbocycles. The highest BCUT2D eigenvalue weighted by Gasteiger charge is 2.22. The highest BCUT2D eigenvalue weighted by atomic mass is 35.5. The van der Waals surface area contributed by atoms with Gasteiger partial charge in [-0.2, -0.15) is 0 Å². The number of nitrogens with one attached hydrogen (secondary N) is 2. The first-order valence-corrected chi connectivity index (χ1v) is 8.04. The Balaban J connectivity index is 0.00000220. The van der Waals surface area contributed by atoms with Crippen LogP contribution in [0.15, 0.2) is 0 Å². The van der Waals surface area contributed by atoms with E-state index in [-0.39, 0.29) is 36.8 Å². The van der Waals surface area contributed by atoms with E-state index in [1.165, 1.54) is 0 Å². The van der Waals surface area contributed by atoms with Crippen molar-refractivity contribution >= 4 is 30.7 Å². The number of nitrogens with zero attached hydrogens (tertiary/aromatic N) is 1. The van der Waals surface area contributed by atoms with Crippen LogP contribution in [0.1, 0.15) is 39.5 Å². The van der Waals surface area contributed by atoms with Crippen LogP contribution >= 0.6 is 24.8 Å². The molecule has 2 unspecified atom stereocenters. The second kappa shape index (κ2) is 11.5. The number of carbonyl (C=O) groups excluding carboxylic acids is 1. The van der Waals surface area contributed by atoms with Gasteiger partial charge in [0, 0.05) is 19.6 Å². The van der Waals surface area contributed by atoms with Crippen molar-refractivity contribution in [2.75, 3.05) is 32.7 Å². The van der Waals surface area contributed by atoms with Gasteiger partial charge in [0.25, 0.3) is 0 Å². The lowest BCUT2D eigenvalue weighted by Crippen LogP contribution is -2.45. The molecule has 2 fully saturated rings. The second-order valence-electron chi connectivity index (χ2n) is 6.16. The third-order valence-corrected chi connectivity index (χ3v) is 4.07. The molecule has 3 atom stereocenters. The molecule has 5 nitrogen and oxygen atoms in total. The van der Waals surface area contributed by atoms with Crippen LogP contribution in [0.25, 0.3) is 0 Å². The zero-order valence-electron chi connectivity index (χ0n) is 13.7. The Hall–Kier alpha value is -0.0700. The predicted octanol–water partition coefficient (Wildman–Crippen LogP) is 1.59. The van der Waals surface area contributed by atoms with E-state index in [4.69, 9.17) is 4.74 Å². The Morgan fingerprint density at radius 1 is 1.23 bits per heavy atom. The predicted molar refractivity (Wildman–Crippen MR) is 94.2 cm³/mol. The minimum Gasteiger partial charge on any atom is -0.373 e. The van der Waals surface area contributed by atoms with Crippen LogP contribution in [-0.2, 0) is 9.53 Å². The summed E-state index contributed by atoms with van der Waals surface area (Å²) >= 11 is 0. The van der Waals surface area contributed by atoms with E-state index >= 15 is 0 Å². The molecular formula is C15H31Cl2N3O2. The van der Waals surface area contributed by atoms with Crippen molar-refractivity contribution in [2.45, 2.75) is 57.8 Å². The van der Waals surface area contributed by atoms with Gasteiger partial charge >= 0.3 is 0 Å². The molecule has 0 saturated carbocycles. The highest BCUT2D eigenvalue weighted by Crippen LogP contribution is 2.11. The van der Waals surface area contributed by atoms with Gasteiger partial charge in [0.15, 0.2) is 0 Å². The third kappa shape index (κ3) is 7.47. The first-order valence-electron chi connectivity index (χ1n) is 8.04. The van der Waals surface area contributed by atoms with Gasteiger partial charge in [-0.3, -0.25) is 9.69 Å². The lowest BCUT2D eigenvalue weighted by atomic mass is 10.2. The summed E-state index contributed by atoms with van der Waals surface area (Å²) in [6.07, 6.45) is 4.97. The number of carbonyl (C=O) groups is 1. The Morgan fingerprint density at radius 2 is 1.91 bits per heavy atom. The summed E-state index contributed by atoms with van der Waals surface area (Å²) in [6, 6.07) is 0.0518. The number of halogens is 2. The molecule has 2 heterocycles. The van der Waals surface area contributed by atoms with Gasteiger partial charge in [-0.25, -0.2) is 0 Å². The molecule has 2 N–H and O–H groups in total. The Bertz CT molecular complexity index is 305. The van der Waals surface area contributed by atoms with E-state index in [9.17, 15) is 4.79 Å². The lowest BCUT2D eigenvalue weighted by molar-refractivity contribution is -0.122. The standard InChI is InChI=1S/C15H29N3O2.2ClH/c1-12-10-18(11-13(2)20-12)9-4-3-7-17-15(19)14-6-5-8-16-14;;/h12-14,16H,3-11H2,1-2H3,(H,17,19);2*1H/t12?,13?,14-;;/m0../s1. The SMILES string of the molecule is CC1CN(CCCCNC(=O)[C@@H]2CCCN2)CC(C)O1.Cl.Cl. The van der Waals surface area contributed by atoms with E-state index < -0.39 is 0 Å². The Morgan fingerprint density at radius 3 is 2.50 bits per heavy atom. The summed E-state index contributed by atoms with van der Waals surface area (Å²) in [7, 11) is 0. The van der Waals surface area contributed by atoms with E-state index in [0.29, 0.717) is 12.2 Å². The van der Waals surface area contributed by atoms with Crippen molar-refractivity contribution in [1.29, 1.82) is 0 Å². The molecule has 1 amide bonds. The quantitative estimate of drug-likeness (QED) is 0.710. The molecule has 22 heavy (non-hydrogen) atoms. The molecule has 0 aliphatic carbocycles. The molecule has 0 spiro atoms. The first kappa shape index (κ1) is 21.9. The molecule has 2 aliphatic rings. The number of amides is 1. The molecule has 2 rings (SSSR count). The molecule has 132 valence electrons. The van der Waals surface area contributed by atoms with Crippen LogP contribution in [0.4, 0.5) is 0 Å². The number of ether oxygens (including phenoxy) is 1. The van der Waals surface area contributed by atoms with Gasteiger partial charge in [0.1, 0.15) is 0 Å². The number of rotatable bonds is 6. The summed E-state index contributed by atoms with van der Waals surface area (Å²) in [6.45, 7) is 9.22. The molecule has 2 aliphatic heterocycles. The molecular weight excluding hydrogens is 325 g/mol. The maximum atomic E-state index is 11.8. The smallest absolute Gasteiger partial charge is 0.237 e. The lowest BCUT2D eigenvalue weighted by Gasteiger charge is -2.35. The van der Waals surface area contributed by atoms with Gasteiger partial charge in [0.05, 0.1) is 18.2 Å². The highest BCUT2D eigenvalue weighted by molar-refractivity contribution is 5.85. The summed E-state index contributed by atoms with van der Waals surface area (Å²) < 4.78 is 5.73. The average molecular weight is 356 g/mol. The fourth-order valence-electron chi connectivity index (χ4n) is 3.17. The molecule has 0 aromatic heterocycles. The van der Waals surface area contributed by atoms with Crippen LogP contribution in [-0.4, -0.2) is 61.8 Å². The van der Waals surface area contributed by atoms with Crippen LogP contribution in [0.3, 0.4) is 0 Å². The summed E-state index contributed by atoms with van der Waals surface area (Å²) in [4.78, 5) is 14.3. The number of hydrogen-bond acceptors (Lipinski definition) is 4. The van der Waals surface area contributed by atoms with Crippen LogP contribution in [0.5, 0.6) is 0 Å². The third-order valence-electron chi connectivity index (χ3n) is 4.07. The van der Waals surface area contributed by atoms with Crippen molar-refractivity contribution in [3.8, 4) is 0 Å². The largest absolute Gasteiger partial charge is 0.373 e. The van der Waals surface area contributed by atoms with Gasteiger partial charge in [0.2, 0.25) is 5.91 Å². The number of unbranched alkanes of at least 4 members (excludes halogenated alkanes) is 1. The van der Waals surface area contributed by atoms with Crippen LogP contribution in [0, 0.1) is 0 Å². The van der Waals surface area contributed by atoms with E-state index in [1.54, 1.807) is 0 Å². The summed E-state index contributed by atoms with van der Waals surface area (Å²) in [5.41, 5.74) is 0. The molecule has 0 aromatic rings. The maximum Gasteiger partial charge on any atom is 0.237 e. The number of hydrogen-bond donors (Lipinski definition) is 2. The average Bonchev–Trinajstić information content (AvgIpc) is 2.90. The van der Waals surface area contributed by atoms with Crippen molar-refractivity contribution < 1.29 is 9.53 Å².